The van der Waals surface area contributed by atoms with E-state index in [-0.39, 0.29) is 5.76 Å². The molecule has 1 heterocycles. The molecule has 1 aromatic rings. The van der Waals surface area contributed by atoms with E-state index in [1.807, 2.05) is 0 Å². The highest BCUT2D eigenvalue weighted by atomic mass is 16.6. The second-order valence-corrected chi connectivity index (χ2v) is 2.44. The van der Waals surface area contributed by atoms with Crippen LogP contribution in [0.5, 0.6) is 0 Å². The van der Waals surface area contributed by atoms with Crippen LogP contribution >= 0.6 is 0 Å². The lowest BCUT2D eigenvalue weighted by molar-refractivity contribution is -0.402. The molecule has 0 aliphatic carbocycles. The molecule has 7 heteroatoms. The maximum atomic E-state index is 10.6. The van der Waals surface area contributed by atoms with Crippen molar-refractivity contribution < 1.29 is 24.0 Å². The van der Waals surface area contributed by atoms with Gasteiger partial charge in [0.1, 0.15) is 10.7 Å². The van der Waals surface area contributed by atoms with Crippen molar-refractivity contribution in [1.29, 1.82) is 0 Å². The summed E-state index contributed by atoms with van der Waals surface area (Å²) in [5.74, 6) is -3.17. The normalized spacial score (nSPS) is 10.4. The standard InChI is InChI=1S/C8H5NO6/c10-6(8(11)12)3-1-5-2-4-7(15-5)9(13)14/h1-4H,(H,11,12)/b3-1+. The number of hydrogen-bond donors (Lipinski definition) is 1. The molecule has 0 bridgehead atoms. The smallest absolute Gasteiger partial charge is 0.433 e. The van der Waals surface area contributed by atoms with Crippen molar-refractivity contribution in [2.24, 2.45) is 0 Å². The maximum absolute atomic E-state index is 10.6. The lowest BCUT2D eigenvalue weighted by Gasteiger charge is -1.84. The van der Waals surface area contributed by atoms with E-state index in [1.165, 1.54) is 6.07 Å². The molecular formula is C8H5NO6. The number of carbonyl (C=O) groups excluding carboxylic acids is 1. The molecule has 1 rings (SSSR count). The summed E-state index contributed by atoms with van der Waals surface area (Å²) in [5, 5.41) is 18.4. The number of rotatable bonds is 4. The zero-order valence-electron chi connectivity index (χ0n) is 7.25. The predicted molar refractivity (Wildman–Crippen MR) is 47.0 cm³/mol. The molecule has 0 aliphatic rings. The maximum Gasteiger partial charge on any atom is 0.433 e. The second-order valence-electron chi connectivity index (χ2n) is 2.44. The Bertz CT molecular complexity index is 444. The molecule has 0 saturated heterocycles. The third-order valence-electron chi connectivity index (χ3n) is 1.40. The first-order valence-corrected chi connectivity index (χ1v) is 3.70. The quantitative estimate of drug-likeness (QED) is 0.342. The number of ketones is 1. The van der Waals surface area contributed by atoms with Gasteiger partial charge in [-0.1, -0.05) is 0 Å². The van der Waals surface area contributed by atoms with Gasteiger partial charge in [-0.2, -0.15) is 0 Å². The summed E-state index contributed by atoms with van der Waals surface area (Å²) in [7, 11) is 0. The fourth-order valence-corrected chi connectivity index (χ4v) is 0.759. The Morgan fingerprint density at radius 1 is 1.47 bits per heavy atom. The molecule has 7 nitrogen and oxygen atoms in total. The van der Waals surface area contributed by atoms with Crippen LogP contribution in [0.25, 0.3) is 6.08 Å². The molecule has 15 heavy (non-hydrogen) atoms. The minimum atomic E-state index is -1.60. The summed E-state index contributed by atoms with van der Waals surface area (Å²) in [6.45, 7) is 0. The summed E-state index contributed by atoms with van der Waals surface area (Å²) < 4.78 is 4.64. The van der Waals surface area contributed by atoms with E-state index in [2.05, 4.69) is 4.42 Å². The molecule has 1 N–H and O–H groups in total. The highest BCUT2D eigenvalue weighted by Crippen LogP contribution is 2.16. The van der Waals surface area contributed by atoms with Gasteiger partial charge < -0.3 is 9.52 Å². The Morgan fingerprint density at radius 2 is 2.13 bits per heavy atom. The van der Waals surface area contributed by atoms with Crippen LogP contribution in [0.1, 0.15) is 5.76 Å². The van der Waals surface area contributed by atoms with E-state index in [0.717, 1.165) is 18.2 Å². The highest BCUT2D eigenvalue weighted by Gasteiger charge is 2.11. The van der Waals surface area contributed by atoms with Gasteiger partial charge in [-0.05, 0) is 18.2 Å². The van der Waals surface area contributed by atoms with Crippen LogP contribution in [0.3, 0.4) is 0 Å². The SMILES string of the molecule is O=C(O)C(=O)/C=C/c1ccc([N+](=O)[O-])o1. The minimum absolute atomic E-state index is 0.0382. The first-order chi connectivity index (χ1) is 7.00. The van der Waals surface area contributed by atoms with E-state index < -0.39 is 22.6 Å². The van der Waals surface area contributed by atoms with E-state index >= 15 is 0 Å². The number of hydrogen-bond acceptors (Lipinski definition) is 5. The Balaban J connectivity index is 2.77. The average Bonchev–Trinajstić information content (AvgIpc) is 2.62. The number of nitrogens with zero attached hydrogens (tertiary/aromatic N) is 1. The summed E-state index contributed by atoms with van der Waals surface area (Å²) in [6, 6.07) is 2.36. The van der Waals surface area contributed by atoms with Crippen molar-refractivity contribution in [3.8, 4) is 0 Å². The molecule has 0 saturated carbocycles. The van der Waals surface area contributed by atoms with Gasteiger partial charge in [0.05, 0.1) is 6.07 Å². The number of carbonyl (C=O) groups is 2. The Kier molecular flexibility index (Phi) is 2.97. The number of carboxylic acids is 1. The molecule has 0 aliphatic heterocycles. The molecule has 0 fully saturated rings. The first kappa shape index (κ1) is 10.6. The van der Waals surface area contributed by atoms with Crippen LogP contribution in [0.15, 0.2) is 22.6 Å². The van der Waals surface area contributed by atoms with Gasteiger partial charge >= 0.3 is 11.9 Å². The molecule has 78 valence electrons. The van der Waals surface area contributed by atoms with Gasteiger partial charge in [-0.15, -0.1) is 0 Å². The zero-order chi connectivity index (χ0) is 11.4. The summed E-state index contributed by atoms with van der Waals surface area (Å²) in [6.07, 6.45) is 1.80. The van der Waals surface area contributed by atoms with Crippen LogP contribution in [-0.2, 0) is 9.59 Å². The van der Waals surface area contributed by atoms with Crippen LogP contribution < -0.4 is 0 Å². The van der Waals surface area contributed by atoms with E-state index in [0.29, 0.717) is 0 Å². The molecule has 1 aromatic heterocycles. The van der Waals surface area contributed by atoms with Crippen LogP contribution in [0.4, 0.5) is 5.88 Å². The van der Waals surface area contributed by atoms with Crippen molar-refractivity contribution in [3.05, 3.63) is 34.1 Å². The van der Waals surface area contributed by atoms with Gasteiger partial charge in [0.25, 0.3) is 5.78 Å². The first-order valence-electron chi connectivity index (χ1n) is 3.70. The number of furan rings is 1. The number of nitro groups is 1. The third kappa shape index (κ3) is 2.76. The number of aliphatic carboxylic acids is 1. The molecular weight excluding hydrogens is 206 g/mol. The van der Waals surface area contributed by atoms with Gasteiger partial charge in [-0.3, -0.25) is 14.9 Å². The van der Waals surface area contributed by atoms with E-state index in [1.54, 1.807) is 0 Å². The van der Waals surface area contributed by atoms with Gasteiger partial charge in [-0.25, -0.2) is 4.79 Å². The molecule has 0 radical (unpaired) electrons. The number of carboxylic acid groups (broad SMARTS) is 1. The average molecular weight is 211 g/mol. The highest BCUT2D eigenvalue weighted by molar-refractivity contribution is 6.38. The van der Waals surface area contributed by atoms with E-state index in [9.17, 15) is 19.7 Å². The fourth-order valence-electron chi connectivity index (χ4n) is 0.759. The lowest BCUT2D eigenvalue weighted by atomic mass is 10.3. The summed E-state index contributed by atoms with van der Waals surface area (Å²) >= 11 is 0. The lowest BCUT2D eigenvalue weighted by Crippen LogP contribution is -2.08. The van der Waals surface area contributed by atoms with Crippen molar-refractivity contribution in [1.82, 2.24) is 0 Å². The zero-order valence-corrected chi connectivity index (χ0v) is 7.25. The summed E-state index contributed by atoms with van der Waals surface area (Å²) in [4.78, 5) is 30.1. The molecule has 0 unspecified atom stereocenters. The van der Waals surface area contributed by atoms with Gasteiger partial charge in [0, 0.05) is 0 Å². The molecule has 0 amide bonds. The van der Waals surface area contributed by atoms with E-state index in [4.69, 9.17) is 5.11 Å². The monoisotopic (exact) mass is 211 g/mol. The van der Waals surface area contributed by atoms with Crippen molar-refractivity contribution in [2.45, 2.75) is 0 Å². The topological polar surface area (TPSA) is 111 Å². The van der Waals surface area contributed by atoms with Crippen molar-refractivity contribution >= 4 is 23.7 Å². The third-order valence-corrected chi connectivity index (χ3v) is 1.40. The molecule has 0 spiro atoms. The predicted octanol–water partition coefficient (Wildman–Crippen LogP) is 0.855. The van der Waals surface area contributed by atoms with Crippen LogP contribution in [0, 0.1) is 10.1 Å². The molecule has 0 aromatic carbocycles. The van der Waals surface area contributed by atoms with Gasteiger partial charge in [0.2, 0.25) is 0 Å². The van der Waals surface area contributed by atoms with Crippen molar-refractivity contribution in [2.75, 3.05) is 0 Å². The van der Waals surface area contributed by atoms with Crippen LogP contribution in [0.2, 0.25) is 0 Å². The Hall–Kier alpha value is -2.44. The van der Waals surface area contributed by atoms with Crippen LogP contribution in [-0.4, -0.2) is 21.8 Å². The molecule has 0 atom stereocenters. The summed E-state index contributed by atoms with van der Waals surface area (Å²) in [5.41, 5.74) is 0. The minimum Gasteiger partial charge on any atom is -0.475 e. The van der Waals surface area contributed by atoms with Crippen molar-refractivity contribution in [3.63, 3.8) is 0 Å². The fraction of sp³-hybridized carbons (Fsp3) is 0. The van der Waals surface area contributed by atoms with Gasteiger partial charge in [0.15, 0.2) is 0 Å². The largest absolute Gasteiger partial charge is 0.475 e. The Labute approximate surface area is 82.8 Å². The second kappa shape index (κ2) is 4.18. The Morgan fingerprint density at radius 3 is 2.60 bits per heavy atom.